The number of benzene rings is 3. The van der Waals surface area contributed by atoms with Crippen LogP contribution in [0.5, 0.6) is 11.5 Å². The highest BCUT2D eigenvalue weighted by Crippen LogP contribution is 2.35. The molecule has 0 unspecified atom stereocenters. The van der Waals surface area contributed by atoms with Crippen molar-refractivity contribution in [3.05, 3.63) is 101 Å². The van der Waals surface area contributed by atoms with Crippen molar-refractivity contribution >= 4 is 40.6 Å². The summed E-state index contributed by atoms with van der Waals surface area (Å²) in [6.45, 7) is 0.211. The number of phenolic OH excluding ortho intramolecular Hbond substituents is 1. The van der Waals surface area contributed by atoms with Gasteiger partial charge in [-0.15, -0.1) is 0 Å². The number of carbonyl (C=O) groups excluding carboxylic acids is 3. The number of phenols is 1. The Bertz CT molecular complexity index is 1460. The van der Waals surface area contributed by atoms with E-state index in [4.69, 9.17) is 16.2 Å². The van der Waals surface area contributed by atoms with Gasteiger partial charge in [-0.25, -0.2) is 0 Å². The lowest BCUT2D eigenvalue weighted by Crippen LogP contribution is -2.44. The summed E-state index contributed by atoms with van der Waals surface area (Å²) in [5.74, 6) is -1.59. The van der Waals surface area contributed by atoms with Crippen LogP contribution in [0.1, 0.15) is 37.3 Å². The van der Waals surface area contributed by atoms with Gasteiger partial charge in [-0.2, -0.15) is 4.37 Å². The minimum Gasteiger partial charge on any atom is -0.508 e. The van der Waals surface area contributed by atoms with Gasteiger partial charge in [-0.05, 0) is 46.9 Å². The number of aromatic nitrogens is 1. The number of nitrogens with zero attached hydrogens (tertiary/aromatic N) is 2. The number of amides is 3. The largest absolute Gasteiger partial charge is 0.508 e. The zero-order valence-corrected chi connectivity index (χ0v) is 21.1. The van der Waals surface area contributed by atoms with Crippen molar-refractivity contribution in [1.29, 1.82) is 0 Å². The van der Waals surface area contributed by atoms with Gasteiger partial charge in [0.05, 0.1) is 12.8 Å². The molecule has 4 rings (SSSR count). The third kappa shape index (κ3) is 5.57. The lowest BCUT2D eigenvalue weighted by molar-refractivity contribution is -0.122. The normalized spacial score (nSPS) is 11.4. The number of nitrogens with two attached hydrogens (primary N) is 2. The molecule has 1 aromatic heterocycles. The summed E-state index contributed by atoms with van der Waals surface area (Å²) in [6.07, 6.45) is 0. The lowest BCUT2D eigenvalue weighted by Gasteiger charge is -2.31. The molecule has 10 nitrogen and oxygen atoms in total. The molecule has 194 valence electrons. The Balaban J connectivity index is 1.84. The first kappa shape index (κ1) is 26.2. The molecular formula is C27H25N5O5S. The molecule has 1 atom stereocenters. The van der Waals surface area contributed by atoms with Gasteiger partial charge in [-0.1, -0.05) is 48.5 Å². The number of anilines is 2. The van der Waals surface area contributed by atoms with E-state index >= 15 is 0 Å². The predicted octanol–water partition coefficient (Wildman–Crippen LogP) is 3.24. The van der Waals surface area contributed by atoms with Gasteiger partial charge in [0, 0.05) is 18.3 Å². The highest BCUT2D eigenvalue weighted by atomic mass is 32.1. The van der Waals surface area contributed by atoms with Crippen molar-refractivity contribution in [3.63, 3.8) is 0 Å². The molecular weight excluding hydrogens is 506 g/mol. The van der Waals surface area contributed by atoms with Crippen LogP contribution in [0, 0.1) is 0 Å². The molecule has 1 heterocycles. The number of aromatic hydroxyl groups is 1. The number of primary amides is 1. The maximum Gasteiger partial charge on any atom is 0.273 e. The Morgan fingerprint density at radius 1 is 1.05 bits per heavy atom. The molecule has 0 aliphatic heterocycles. The molecule has 0 radical (unpaired) electrons. The first-order valence-corrected chi connectivity index (χ1v) is 12.2. The molecule has 0 spiro atoms. The molecule has 4 aromatic rings. The van der Waals surface area contributed by atoms with Gasteiger partial charge in [0.25, 0.3) is 11.8 Å². The summed E-state index contributed by atoms with van der Waals surface area (Å²) < 4.78 is 9.30. The fraction of sp³-hybridized carbons (Fsp3) is 0.111. The van der Waals surface area contributed by atoms with Crippen molar-refractivity contribution in [2.45, 2.75) is 12.6 Å². The molecule has 6 N–H and O–H groups in total. The van der Waals surface area contributed by atoms with E-state index < -0.39 is 23.8 Å². The van der Waals surface area contributed by atoms with Crippen LogP contribution < -0.4 is 26.4 Å². The molecule has 0 saturated heterocycles. The summed E-state index contributed by atoms with van der Waals surface area (Å²) in [7, 11) is 1.48. The van der Waals surface area contributed by atoms with Crippen LogP contribution in [0.3, 0.4) is 0 Å². The standard InChI is InChI=1S/C27H25N5O5S/c1-37-20-9-5-8-18(14-20)32(27(36)24-21(28)22(25(29)34)31-38-24)23(17-10-12-19(33)13-11-17)26(35)30-15-16-6-3-2-4-7-16/h2-14,23,33H,15,28H2,1H3,(H2,29,34)(H,30,35)/t23-/m1/s1. The monoisotopic (exact) mass is 531 g/mol. The van der Waals surface area contributed by atoms with E-state index in [0.29, 0.717) is 28.5 Å². The zero-order valence-electron chi connectivity index (χ0n) is 20.3. The Hall–Kier alpha value is -4.90. The van der Waals surface area contributed by atoms with E-state index in [1.54, 1.807) is 36.4 Å². The molecule has 0 aliphatic rings. The average molecular weight is 532 g/mol. The van der Waals surface area contributed by atoms with E-state index in [-0.39, 0.29) is 28.6 Å². The van der Waals surface area contributed by atoms with Gasteiger partial charge in [-0.3, -0.25) is 19.3 Å². The minimum absolute atomic E-state index is 0.00532. The van der Waals surface area contributed by atoms with E-state index in [0.717, 1.165) is 5.56 Å². The van der Waals surface area contributed by atoms with Crippen molar-refractivity contribution in [3.8, 4) is 11.5 Å². The first-order valence-electron chi connectivity index (χ1n) is 11.4. The molecule has 11 heteroatoms. The maximum absolute atomic E-state index is 14.1. The Morgan fingerprint density at radius 2 is 1.76 bits per heavy atom. The number of hydrogen-bond donors (Lipinski definition) is 4. The van der Waals surface area contributed by atoms with Gasteiger partial charge in [0.1, 0.15) is 22.4 Å². The molecule has 0 saturated carbocycles. The molecule has 0 aliphatic carbocycles. The second-order valence-corrected chi connectivity index (χ2v) is 8.99. The zero-order chi connectivity index (χ0) is 27.2. The maximum atomic E-state index is 14.1. The highest BCUT2D eigenvalue weighted by Gasteiger charge is 2.36. The second-order valence-electron chi connectivity index (χ2n) is 8.21. The van der Waals surface area contributed by atoms with Gasteiger partial charge >= 0.3 is 0 Å². The van der Waals surface area contributed by atoms with Crippen LogP contribution in [0.4, 0.5) is 11.4 Å². The highest BCUT2D eigenvalue weighted by molar-refractivity contribution is 7.09. The minimum atomic E-state index is -1.20. The van der Waals surface area contributed by atoms with E-state index in [2.05, 4.69) is 9.69 Å². The third-order valence-corrected chi connectivity index (χ3v) is 6.58. The number of nitrogen functional groups attached to an aromatic ring is 1. The quantitative estimate of drug-likeness (QED) is 0.258. The molecule has 38 heavy (non-hydrogen) atoms. The topological polar surface area (TPSA) is 161 Å². The SMILES string of the molecule is COc1cccc(N(C(=O)c2snc(C(N)=O)c2N)[C@@H](C(=O)NCc2ccccc2)c2ccc(O)cc2)c1. The number of methoxy groups -OCH3 is 1. The summed E-state index contributed by atoms with van der Waals surface area (Å²) in [4.78, 5) is 40.8. The van der Waals surface area contributed by atoms with E-state index in [1.165, 1.54) is 24.1 Å². The Morgan fingerprint density at radius 3 is 2.39 bits per heavy atom. The number of ether oxygens (including phenoxy) is 1. The van der Waals surface area contributed by atoms with Gasteiger partial charge in [0.15, 0.2) is 5.69 Å². The average Bonchev–Trinajstić information content (AvgIpc) is 3.32. The fourth-order valence-electron chi connectivity index (χ4n) is 3.84. The Kier molecular flexibility index (Phi) is 7.88. The summed E-state index contributed by atoms with van der Waals surface area (Å²) >= 11 is 0.713. The smallest absolute Gasteiger partial charge is 0.273 e. The number of nitrogens with one attached hydrogen (secondary N) is 1. The Labute approximate surface area is 222 Å². The molecule has 0 bridgehead atoms. The van der Waals surface area contributed by atoms with E-state index in [1.807, 2.05) is 30.3 Å². The van der Waals surface area contributed by atoms with Crippen LogP contribution >= 0.6 is 11.5 Å². The molecule has 3 aromatic carbocycles. The fourth-order valence-corrected chi connectivity index (χ4v) is 4.58. The summed E-state index contributed by atoms with van der Waals surface area (Å²) in [5, 5.41) is 12.8. The molecule has 0 fully saturated rings. The van der Waals surface area contributed by atoms with Crippen molar-refractivity contribution in [2.75, 3.05) is 17.7 Å². The van der Waals surface area contributed by atoms with Crippen LogP contribution in [-0.4, -0.2) is 34.3 Å². The van der Waals surface area contributed by atoms with Gasteiger partial charge in [0.2, 0.25) is 5.91 Å². The van der Waals surface area contributed by atoms with Crippen molar-refractivity contribution in [2.24, 2.45) is 5.73 Å². The van der Waals surface area contributed by atoms with Crippen molar-refractivity contribution < 1.29 is 24.2 Å². The van der Waals surface area contributed by atoms with E-state index in [9.17, 15) is 19.5 Å². The predicted molar refractivity (Wildman–Crippen MR) is 144 cm³/mol. The lowest BCUT2D eigenvalue weighted by atomic mass is 10.0. The number of carbonyl (C=O) groups is 3. The summed E-state index contributed by atoms with van der Waals surface area (Å²) in [6, 6.07) is 20.7. The van der Waals surface area contributed by atoms with Crippen LogP contribution in [-0.2, 0) is 11.3 Å². The van der Waals surface area contributed by atoms with Gasteiger partial charge < -0.3 is 26.6 Å². The first-order chi connectivity index (χ1) is 18.3. The third-order valence-electron chi connectivity index (χ3n) is 5.73. The van der Waals surface area contributed by atoms with Crippen LogP contribution in [0.15, 0.2) is 78.9 Å². The van der Waals surface area contributed by atoms with Crippen molar-refractivity contribution in [1.82, 2.24) is 9.69 Å². The second kappa shape index (κ2) is 11.4. The number of hydrogen-bond acceptors (Lipinski definition) is 8. The van der Waals surface area contributed by atoms with Crippen LogP contribution in [0.25, 0.3) is 0 Å². The number of rotatable bonds is 9. The van der Waals surface area contributed by atoms with Crippen LogP contribution in [0.2, 0.25) is 0 Å². The summed E-state index contributed by atoms with van der Waals surface area (Å²) in [5.41, 5.74) is 12.7. The molecule has 3 amide bonds.